The van der Waals surface area contributed by atoms with Crippen molar-refractivity contribution in [3.63, 3.8) is 0 Å². The van der Waals surface area contributed by atoms with E-state index in [4.69, 9.17) is 14.2 Å². The number of aromatic nitrogens is 2. The lowest BCUT2D eigenvalue weighted by Gasteiger charge is -2.26. The van der Waals surface area contributed by atoms with Gasteiger partial charge in [-0.25, -0.2) is 4.98 Å². The van der Waals surface area contributed by atoms with E-state index in [1.807, 2.05) is 0 Å². The largest absolute Gasteiger partial charge is 0.481 e. The van der Waals surface area contributed by atoms with E-state index in [0.717, 1.165) is 45.2 Å². The number of methoxy groups -OCH3 is 2. The van der Waals surface area contributed by atoms with Gasteiger partial charge in [-0.15, -0.1) is 0 Å². The zero-order valence-corrected chi connectivity index (χ0v) is 12.1. The molecule has 1 aromatic rings. The molecule has 1 N–H and O–H groups in total. The molecule has 0 atom stereocenters. The third-order valence-corrected chi connectivity index (χ3v) is 3.07. The van der Waals surface area contributed by atoms with Gasteiger partial charge in [-0.2, -0.15) is 4.98 Å². The first kappa shape index (κ1) is 15.0. The lowest BCUT2D eigenvalue weighted by atomic mass is 10.4. The summed E-state index contributed by atoms with van der Waals surface area (Å²) >= 11 is 0. The van der Waals surface area contributed by atoms with Crippen LogP contribution in [0.2, 0.25) is 0 Å². The SMILES string of the molecule is COCc1nc(NCCN2CCOCC2)cc(OC)n1. The molecule has 0 aliphatic carbocycles. The maximum absolute atomic E-state index is 5.32. The molecule has 112 valence electrons. The van der Waals surface area contributed by atoms with E-state index in [2.05, 4.69) is 20.2 Å². The Morgan fingerprint density at radius 3 is 2.80 bits per heavy atom. The van der Waals surface area contributed by atoms with Gasteiger partial charge in [0.05, 0.1) is 20.3 Å². The Labute approximate surface area is 119 Å². The van der Waals surface area contributed by atoms with Crippen LogP contribution >= 0.6 is 0 Å². The Morgan fingerprint density at radius 2 is 2.10 bits per heavy atom. The predicted octanol–water partition coefficient (Wildman–Crippen LogP) is 0.376. The van der Waals surface area contributed by atoms with Gasteiger partial charge in [0.15, 0.2) is 5.82 Å². The van der Waals surface area contributed by atoms with E-state index in [9.17, 15) is 0 Å². The fourth-order valence-corrected chi connectivity index (χ4v) is 2.03. The number of anilines is 1. The Hall–Kier alpha value is -1.44. The van der Waals surface area contributed by atoms with Crippen LogP contribution in [0.4, 0.5) is 5.82 Å². The van der Waals surface area contributed by atoms with E-state index in [1.165, 1.54) is 0 Å². The summed E-state index contributed by atoms with van der Waals surface area (Å²) in [6, 6.07) is 1.79. The highest BCUT2D eigenvalue weighted by Crippen LogP contribution is 2.13. The predicted molar refractivity (Wildman–Crippen MR) is 75.0 cm³/mol. The third-order valence-electron chi connectivity index (χ3n) is 3.07. The van der Waals surface area contributed by atoms with Gasteiger partial charge >= 0.3 is 0 Å². The number of hydrogen-bond donors (Lipinski definition) is 1. The zero-order chi connectivity index (χ0) is 14.2. The van der Waals surface area contributed by atoms with E-state index in [1.54, 1.807) is 20.3 Å². The van der Waals surface area contributed by atoms with Gasteiger partial charge in [0, 0.05) is 39.4 Å². The molecule has 2 heterocycles. The summed E-state index contributed by atoms with van der Waals surface area (Å²) in [5, 5.41) is 3.30. The van der Waals surface area contributed by atoms with Crippen LogP contribution in [-0.2, 0) is 16.1 Å². The minimum absolute atomic E-state index is 0.370. The number of nitrogens with zero attached hydrogens (tertiary/aromatic N) is 3. The van der Waals surface area contributed by atoms with Crippen molar-refractivity contribution in [1.82, 2.24) is 14.9 Å². The van der Waals surface area contributed by atoms with E-state index in [-0.39, 0.29) is 0 Å². The highest BCUT2D eigenvalue weighted by atomic mass is 16.5. The molecular weight excluding hydrogens is 260 g/mol. The van der Waals surface area contributed by atoms with E-state index in [0.29, 0.717) is 18.3 Å². The molecule has 2 rings (SSSR count). The smallest absolute Gasteiger partial charge is 0.218 e. The second kappa shape index (κ2) is 7.98. The Balaban J connectivity index is 1.85. The molecule has 1 aliphatic rings. The van der Waals surface area contributed by atoms with Gasteiger partial charge in [0.2, 0.25) is 5.88 Å². The average Bonchev–Trinajstić information content (AvgIpc) is 2.48. The second-order valence-corrected chi connectivity index (χ2v) is 4.53. The van der Waals surface area contributed by atoms with Gasteiger partial charge in [-0.3, -0.25) is 4.90 Å². The molecule has 7 nitrogen and oxygen atoms in total. The van der Waals surface area contributed by atoms with Crippen molar-refractivity contribution in [2.45, 2.75) is 6.61 Å². The first-order valence-corrected chi connectivity index (χ1v) is 6.76. The molecular formula is C13H22N4O3. The third kappa shape index (κ3) is 4.59. The first-order valence-electron chi connectivity index (χ1n) is 6.76. The number of ether oxygens (including phenoxy) is 3. The summed E-state index contributed by atoms with van der Waals surface area (Å²) in [5.41, 5.74) is 0. The van der Waals surface area contributed by atoms with Crippen LogP contribution in [0.5, 0.6) is 5.88 Å². The highest BCUT2D eigenvalue weighted by molar-refractivity contribution is 5.38. The minimum atomic E-state index is 0.370. The normalized spacial score (nSPS) is 16.1. The Kier molecular flexibility index (Phi) is 5.97. The van der Waals surface area contributed by atoms with Crippen molar-refractivity contribution in [2.24, 2.45) is 0 Å². The summed E-state index contributed by atoms with van der Waals surface area (Å²) in [5.74, 6) is 1.92. The van der Waals surface area contributed by atoms with Crippen LogP contribution in [0, 0.1) is 0 Å². The van der Waals surface area contributed by atoms with Crippen molar-refractivity contribution in [3.8, 4) is 5.88 Å². The molecule has 1 aliphatic heterocycles. The van der Waals surface area contributed by atoms with Crippen molar-refractivity contribution >= 4 is 5.82 Å². The molecule has 1 saturated heterocycles. The van der Waals surface area contributed by atoms with Gasteiger partial charge in [0.1, 0.15) is 12.4 Å². The topological polar surface area (TPSA) is 68.7 Å². The molecule has 1 aromatic heterocycles. The number of nitrogens with one attached hydrogen (secondary N) is 1. The molecule has 0 saturated carbocycles. The molecule has 0 bridgehead atoms. The second-order valence-electron chi connectivity index (χ2n) is 4.53. The van der Waals surface area contributed by atoms with Crippen molar-refractivity contribution in [3.05, 3.63) is 11.9 Å². The van der Waals surface area contributed by atoms with Crippen LogP contribution in [0.15, 0.2) is 6.07 Å². The summed E-state index contributed by atoms with van der Waals surface area (Å²) in [7, 11) is 3.21. The lowest BCUT2D eigenvalue weighted by molar-refractivity contribution is 0.0398. The standard InChI is InChI=1S/C13H22N4O3/c1-18-10-12-15-11(9-13(16-12)19-2)14-3-4-17-5-7-20-8-6-17/h9H,3-8,10H2,1-2H3,(H,14,15,16). The summed E-state index contributed by atoms with van der Waals surface area (Å²) in [6.45, 7) is 5.78. The molecule has 20 heavy (non-hydrogen) atoms. The summed E-state index contributed by atoms with van der Waals surface area (Å²) in [4.78, 5) is 11.0. The van der Waals surface area contributed by atoms with Gasteiger partial charge < -0.3 is 19.5 Å². The number of rotatable bonds is 7. The lowest BCUT2D eigenvalue weighted by Crippen LogP contribution is -2.39. The number of hydrogen-bond acceptors (Lipinski definition) is 7. The van der Waals surface area contributed by atoms with Crippen LogP contribution < -0.4 is 10.1 Å². The molecule has 0 amide bonds. The molecule has 0 spiro atoms. The van der Waals surface area contributed by atoms with Crippen molar-refractivity contribution in [1.29, 1.82) is 0 Å². The van der Waals surface area contributed by atoms with Gasteiger partial charge in [0.25, 0.3) is 0 Å². The van der Waals surface area contributed by atoms with Crippen LogP contribution in [0.1, 0.15) is 5.82 Å². The Morgan fingerprint density at radius 1 is 1.30 bits per heavy atom. The van der Waals surface area contributed by atoms with Gasteiger partial charge in [-0.05, 0) is 0 Å². The minimum Gasteiger partial charge on any atom is -0.481 e. The van der Waals surface area contributed by atoms with E-state index < -0.39 is 0 Å². The Bertz CT molecular complexity index is 411. The maximum Gasteiger partial charge on any atom is 0.218 e. The molecule has 0 aromatic carbocycles. The monoisotopic (exact) mass is 282 g/mol. The fourth-order valence-electron chi connectivity index (χ4n) is 2.03. The van der Waals surface area contributed by atoms with Crippen LogP contribution in [0.25, 0.3) is 0 Å². The zero-order valence-electron chi connectivity index (χ0n) is 12.1. The summed E-state index contributed by atoms with van der Waals surface area (Å²) in [6.07, 6.45) is 0. The van der Waals surface area contributed by atoms with E-state index >= 15 is 0 Å². The first-order chi connectivity index (χ1) is 9.81. The quantitative estimate of drug-likeness (QED) is 0.775. The number of morpholine rings is 1. The maximum atomic E-state index is 5.32. The summed E-state index contributed by atoms with van der Waals surface area (Å²) < 4.78 is 15.5. The average molecular weight is 282 g/mol. The molecule has 0 radical (unpaired) electrons. The molecule has 0 unspecified atom stereocenters. The fraction of sp³-hybridized carbons (Fsp3) is 0.692. The molecule has 1 fully saturated rings. The van der Waals surface area contributed by atoms with Crippen LogP contribution in [0.3, 0.4) is 0 Å². The molecule has 7 heteroatoms. The highest BCUT2D eigenvalue weighted by Gasteiger charge is 2.10. The van der Waals surface area contributed by atoms with Crippen molar-refractivity contribution in [2.75, 3.05) is 58.9 Å². The van der Waals surface area contributed by atoms with Crippen molar-refractivity contribution < 1.29 is 14.2 Å². The van der Waals surface area contributed by atoms with Crippen LogP contribution in [-0.4, -0.2) is 68.5 Å². The van der Waals surface area contributed by atoms with Gasteiger partial charge in [-0.1, -0.05) is 0 Å².